The molecule has 2 aromatic rings. The van der Waals surface area contributed by atoms with Gasteiger partial charge in [0, 0.05) is 11.1 Å². The maximum absolute atomic E-state index is 10.6. The number of nitrogens with one attached hydrogen (secondary N) is 1. The Morgan fingerprint density at radius 1 is 1.54 bits per heavy atom. The predicted octanol–water partition coefficient (Wildman–Crippen LogP) is -0.491. The van der Waals surface area contributed by atoms with Crippen LogP contribution in [0.4, 0.5) is 5.69 Å². The first-order valence-electron chi connectivity index (χ1n) is 3.63. The minimum atomic E-state index is -1.31. The van der Waals surface area contributed by atoms with Crippen LogP contribution in [-0.4, -0.2) is 16.2 Å². The molecule has 0 bridgehead atoms. The highest BCUT2D eigenvalue weighted by Gasteiger charge is 2.05. The standard InChI is InChI=1S/C8H7N3O2/c9-4-1-2-6-5(3-4)7(8(12)13)11-10-6/h1-3H,9H2,(H,10,11)(H,12,13)/p-1. The van der Waals surface area contributed by atoms with Crippen molar-refractivity contribution in [3.8, 4) is 0 Å². The number of H-pyrrole nitrogens is 1. The summed E-state index contributed by atoms with van der Waals surface area (Å²) >= 11 is 0. The zero-order chi connectivity index (χ0) is 9.42. The normalized spacial score (nSPS) is 10.5. The number of carbonyl (C=O) groups is 1. The van der Waals surface area contributed by atoms with Gasteiger partial charge in [-0.25, -0.2) is 0 Å². The number of fused-ring (bicyclic) bond motifs is 1. The molecule has 0 atom stereocenters. The van der Waals surface area contributed by atoms with E-state index in [-0.39, 0.29) is 5.69 Å². The molecule has 3 N–H and O–H groups in total. The van der Waals surface area contributed by atoms with E-state index in [1.54, 1.807) is 18.2 Å². The van der Waals surface area contributed by atoms with Gasteiger partial charge < -0.3 is 15.6 Å². The predicted molar refractivity (Wildman–Crippen MR) is 44.8 cm³/mol. The average molecular weight is 176 g/mol. The van der Waals surface area contributed by atoms with Crippen LogP contribution in [0.1, 0.15) is 10.5 Å². The molecule has 0 saturated heterocycles. The van der Waals surface area contributed by atoms with E-state index in [0.717, 1.165) is 0 Å². The van der Waals surface area contributed by atoms with E-state index in [0.29, 0.717) is 16.6 Å². The van der Waals surface area contributed by atoms with E-state index in [2.05, 4.69) is 10.2 Å². The molecule has 0 fully saturated rings. The molecule has 5 nitrogen and oxygen atoms in total. The molecule has 0 amide bonds. The second-order valence-corrected chi connectivity index (χ2v) is 2.66. The molecule has 0 saturated carbocycles. The molecule has 0 aliphatic carbocycles. The van der Waals surface area contributed by atoms with E-state index in [9.17, 15) is 9.90 Å². The molecule has 0 unspecified atom stereocenters. The Balaban J connectivity index is 2.79. The summed E-state index contributed by atoms with van der Waals surface area (Å²) in [6, 6.07) is 4.88. The maximum atomic E-state index is 10.6. The van der Waals surface area contributed by atoms with Crippen molar-refractivity contribution in [2.45, 2.75) is 0 Å². The fourth-order valence-electron chi connectivity index (χ4n) is 1.19. The van der Waals surface area contributed by atoms with Crippen molar-refractivity contribution in [2.75, 3.05) is 5.73 Å². The van der Waals surface area contributed by atoms with Crippen LogP contribution in [0.2, 0.25) is 0 Å². The molecular weight excluding hydrogens is 170 g/mol. The number of nitrogens with zero attached hydrogens (tertiary/aromatic N) is 1. The van der Waals surface area contributed by atoms with Crippen molar-refractivity contribution in [1.29, 1.82) is 0 Å². The Hall–Kier alpha value is -2.04. The Bertz CT molecular complexity index is 475. The molecule has 1 heterocycles. The van der Waals surface area contributed by atoms with Crippen molar-refractivity contribution in [1.82, 2.24) is 10.2 Å². The largest absolute Gasteiger partial charge is 0.543 e. The molecular formula is C8H6N3O2-. The number of anilines is 1. The Morgan fingerprint density at radius 2 is 2.31 bits per heavy atom. The Morgan fingerprint density at radius 3 is 3.00 bits per heavy atom. The fourth-order valence-corrected chi connectivity index (χ4v) is 1.19. The number of nitrogens with two attached hydrogens (primary N) is 1. The lowest BCUT2D eigenvalue weighted by Gasteiger charge is -1.97. The summed E-state index contributed by atoms with van der Waals surface area (Å²) in [6.45, 7) is 0. The van der Waals surface area contributed by atoms with Crippen LogP contribution in [0, 0.1) is 0 Å². The van der Waals surface area contributed by atoms with Gasteiger partial charge in [0.2, 0.25) is 0 Å². The van der Waals surface area contributed by atoms with Crippen LogP contribution in [0.5, 0.6) is 0 Å². The van der Waals surface area contributed by atoms with E-state index < -0.39 is 5.97 Å². The molecule has 1 aromatic heterocycles. The molecule has 0 aliphatic rings. The van der Waals surface area contributed by atoms with Crippen LogP contribution in [0.25, 0.3) is 10.9 Å². The van der Waals surface area contributed by atoms with E-state index in [1.807, 2.05) is 0 Å². The van der Waals surface area contributed by atoms with Gasteiger partial charge >= 0.3 is 0 Å². The molecule has 1 aromatic carbocycles. The van der Waals surface area contributed by atoms with E-state index >= 15 is 0 Å². The van der Waals surface area contributed by atoms with Gasteiger partial charge in [0.25, 0.3) is 0 Å². The first-order chi connectivity index (χ1) is 6.18. The third-order valence-electron chi connectivity index (χ3n) is 1.78. The van der Waals surface area contributed by atoms with Gasteiger partial charge in [-0.3, -0.25) is 5.10 Å². The van der Waals surface area contributed by atoms with Gasteiger partial charge in [-0.2, -0.15) is 5.10 Å². The quantitative estimate of drug-likeness (QED) is 0.573. The minimum Gasteiger partial charge on any atom is -0.543 e. The third kappa shape index (κ3) is 1.10. The number of hydrogen-bond acceptors (Lipinski definition) is 4. The zero-order valence-electron chi connectivity index (χ0n) is 6.57. The highest BCUT2D eigenvalue weighted by Crippen LogP contribution is 2.17. The Labute approximate surface area is 73.2 Å². The van der Waals surface area contributed by atoms with Crippen molar-refractivity contribution in [2.24, 2.45) is 0 Å². The Kier molecular flexibility index (Phi) is 1.45. The second-order valence-electron chi connectivity index (χ2n) is 2.66. The lowest BCUT2D eigenvalue weighted by molar-refractivity contribution is -0.255. The number of carboxylic acid groups (broad SMARTS) is 1. The van der Waals surface area contributed by atoms with Gasteiger partial charge in [-0.15, -0.1) is 0 Å². The molecule has 66 valence electrons. The fraction of sp³-hybridized carbons (Fsp3) is 0. The number of carboxylic acids is 1. The summed E-state index contributed by atoms with van der Waals surface area (Å²) in [6.07, 6.45) is 0. The summed E-state index contributed by atoms with van der Waals surface area (Å²) in [4.78, 5) is 10.6. The lowest BCUT2D eigenvalue weighted by atomic mass is 10.2. The number of rotatable bonds is 1. The maximum Gasteiger partial charge on any atom is 0.115 e. The van der Waals surface area contributed by atoms with Crippen LogP contribution in [0.15, 0.2) is 18.2 Å². The van der Waals surface area contributed by atoms with Crippen LogP contribution < -0.4 is 10.8 Å². The summed E-state index contributed by atoms with van der Waals surface area (Å²) in [5.74, 6) is -1.31. The first-order valence-corrected chi connectivity index (χ1v) is 3.63. The van der Waals surface area contributed by atoms with Gasteiger partial charge in [0.1, 0.15) is 5.69 Å². The molecule has 0 radical (unpaired) electrons. The highest BCUT2D eigenvalue weighted by molar-refractivity contribution is 6.00. The van der Waals surface area contributed by atoms with E-state index in [4.69, 9.17) is 5.73 Å². The molecule has 0 spiro atoms. The van der Waals surface area contributed by atoms with Gasteiger partial charge in [-0.1, -0.05) is 0 Å². The SMILES string of the molecule is Nc1ccc2[nH]nc(C(=O)[O-])c2c1. The zero-order valence-corrected chi connectivity index (χ0v) is 6.57. The third-order valence-corrected chi connectivity index (χ3v) is 1.78. The number of nitrogen functional groups attached to an aromatic ring is 1. The highest BCUT2D eigenvalue weighted by atomic mass is 16.4. The summed E-state index contributed by atoms with van der Waals surface area (Å²) < 4.78 is 0. The number of hydrogen-bond donors (Lipinski definition) is 2. The van der Waals surface area contributed by atoms with Crippen molar-refractivity contribution in [3.63, 3.8) is 0 Å². The number of aromatic nitrogens is 2. The smallest absolute Gasteiger partial charge is 0.115 e. The van der Waals surface area contributed by atoms with Crippen molar-refractivity contribution >= 4 is 22.6 Å². The first kappa shape index (κ1) is 7.60. The van der Waals surface area contributed by atoms with Crippen LogP contribution in [0.3, 0.4) is 0 Å². The van der Waals surface area contributed by atoms with Crippen molar-refractivity contribution < 1.29 is 9.90 Å². The number of carbonyl (C=O) groups excluding carboxylic acids is 1. The summed E-state index contributed by atoms with van der Waals surface area (Å²) in [5, 5.41) is 17.2. The molecule has 13 heavy (non-hydrogen) atoms. The second kappa shape index (κ2) is 2.48. The number of benzene rings is 1. The number of aromatic amines is 1. The molecule has 0 aliphatic heterocycles. The molecule has 2 rings (SSSR count). The summed E-state index contributed by atoms with van der Waals surface area (Å²) in [7, 11) is 0. The number of aromatic carboxylic acids is 1. The summed E-state index contributed by atoms with van der Waals surface area (Å²) in [5.41, 5.74) is 6.52. The van der Waals surface area contributed by atoms with Gasteiger partial charge in [-0.05, 0) is 18.2 Å². The van der Waals surface area contributed by atoms with E-state index in [1.165, 1.54) is 0 Å². The van der Waals surface area contributed by atoms with Crippen LogP contribution >= 0.6 is 0 Å². The topological polar surface area (TPSA) is 94.8 Å². The molecule has 5 heteroatoms. The van der Waals surface area contributed by atoms with Crippen LogP contribution in [-0.2, 0) is 0 Å². The lowest BCUT2D eigenvalue weighted by Crippen LogP contribution is -2.22. The van der Waals surface area contributed by atoms with Crippen molar-refractivity contribution in [3.05, 3.63) is 23.9 Å². The van der Waals surface area contributed by atoms with Gasteiger partial charge in [0.15, 0.2) is 0 Å². The average Bonchev–Trinajstić information content (AvgIpc) is 2.46. The minimum absolute atomic E-state index is 0.109. The monoisotopic (exact) mass is 176 g/mol. The van der Waals surface area contributed by atoms with Gasteiger partial charge in [0.05, 0.1) is 11.5 Å².